The lowest BCUT2D eigenvalue weighted by Gasteiger charge is -2.23. The van der Waals surface area contributed by atoms with Crippen LogP contribution < -0.4 is 10.5 Å². The Balaban J connectivity index is 1.71. The Hall–Kier alpha value is -0.440. The van der Waals surface area contributed by atoms with E-state index in [0.29, 0.717) is 16.0 Å². The van der Waals surface area contributed by atoms with Crippen LogP contribution in [0.3, 0.4) is 0 Å². The summed E-state index contributed by atoms with van der Waals surface area (Å²) in [4.78, 5) is 0. The minimum Gasteiger partial charge on any atom is -0.491 e. The van der Waals surface area contributed by atoms with Gasteiger partial charge in [0.2, 0.25) is 0 Å². The van der Waals surface area contributed by atoms with Gasteiger partial charge in [-0.3, -0.25) is 0 Å². The van der Waals surface area contributed by atoms with Crippen LogP contribution >= 0.6 is 23.2 Å². The molecule has 2 N–H and O–H groups in total. The maximum atomic E-state index is 6.33. The zero-order chi connectivity index (χ0) is 15.0. The number of hydrogen-bond acceptors (Lipinski definition) is 2. The van der Waals surface area contributed by atoms with Gasteiger partial charge in [-0.25, -0.2) is 0 Å². The SMILES string of the molecule is CC(N)Cc1cc(Cl)cc(Cl)c1OCC1CC2CCC1C2. The molecule has 2 bridgehead atoms. The number of nitrogens with two attached hydrogens (primary N) is 1. The summed E-state index contributed by atoms with van der Waals surface area (Å²) in [6.07, 6.45) is 6.23. The van der Waals surface area contributed by atoms with Crippen molar-refractivity contribution in [2.45, 2.75) is 45.1 Å². The quantitative estimate of drug-likeness (QED) is 0.850. The van der Waals surface area contributed by atoms with Crippen LogP contribution in [-0.4, -0.2) is 12.6 Å². The van der Waals surface area contributed by atoms with Gasteiger partial charge in [-0.15, -0.1) is 0 Å². The summed E-state index contributed by atoms with van der Waals surface area (Å²) in [7, 11) is 0. The topological polar surface area (TPSA) is 35.2 Å². The lowest BCUT2D eigenvalue weighted by atomic mass is 9.89. The number of fused-ring (bicyclic) bond motifs is 2. The first kappa shape index (κ1) is 15.5. The van der Waals surface area contributed by atoms with Crippen LogP contribution in [0.4, 0.5) is 0 Å². The van der Waals surface area contributed by atoms with Gasteiger partial charge in [-0.2, -0.15) is 0 Å². The van der Waals surface area contributed by atoms with Gasteiger partial charge in [-0.05, 0) is 68.1 Å². The molecule has 4 heteroatoms. The number of benzene rings is 1. The average molecular weight is 328 g/mol. The van der Waals surface area contributed by atoms with E-state index in [1.165, 1.54) is 25.7 Å². The molecule has 2 saturated carbocycles. The molecule has 4 atom stereocenters. The molecule has 2 aliphatic rings. The second kappa shape index (κ2) is 6.36. The molecule has 3 rings (SSSR count). The van der Waals surface area contributed by atoms with E-state index in [-0.39, 0.29) is 6.04 Å². The zero-order valence-electron chi connectivity index (χ0n) is 12.4. The first-order chi connectivity index (χ1) is 10.0. The zero-order valence-corrected chi connectivity index (χ0v) is 14.0. The molecule has 1 aromatic carbocycles. The van der Waals surface area contributed by atoms with Crippen molar-refractivity contribution in [1.82, 2.24) is 0 Å². The number of rotatable bonds is 5. The Bertz CT molecular complexity index is 518. The third kappa shape index (κ3) is 3.49. The first-order valence-electron chi connectivity index (χ1n) is 7.89. The van der Waals surface area contributed by atoms with Crippen LogP contribution in [0.25, 0.3) is 0 Å². The largest absolute Gasteiger partial charge is 0.491 e. The number of ether oxygens (including phenoxy) is 1. The highest BCUT2D eigenvalue weighted by Gasteiger charge is 2.39. The van der Waals surface area contributed by atoms with Gasteiger partial charge >= 0.3 is 0 Å². The van der Waals surface area contributed by atoms with Crippen LogP contribution in [0.15, 0.2) is 12.1 Å². The van der Waals surface area contributed by atoms with Crippen molar-refractivity contribution in [1.29, 1.82) is 0 Å². The Morgan fingerprint density at radius 3 is 2.71 bits per heavy atom. The summed E-state index contributed by atoms with van der Waals surface area (Å²) in [6.45, 7) is 2.75. The lowest BCUT2D eigenvalue weighted by Crippen LogP contribution is -2.21. The van der Waals surface area contributed by atoms with E-state index >= 15 is 0 Å². The molecular weight excluding hydrogens is 305 g/mol. The average Bonchev–Trinajstić information content (AvgIpc) is 2.98. The summed E-state index contributed by atoms with van der Waals surface area (Å²) >= 11 is 12.4. The third-order valence-electron chi connectivity index (χ3n) is 4.95. The molecule has 2 aliphatic carbocycles. The van der Waals surface area contributed by atoms with Crippen molar-refractivity contribution in [2.24, 2.45) is 23.5 Å². The van der Waals surface area contributed by atoms with Crippen molar-refractivity contribution in [3.05, 3.63) is 27.7 Å². The third-order valence-corrected chi connectivity index (χ3v) is 5.45. The van der Waals surface area contributed by atoms with Gasteiger partial charge in [0.1, 0.15) is 5.75 Å². The maximum absolute atomic E-state index is 6.33. The van der Waals surface area contributed by atoms with E-state index in [1.807, 2.05) is 13.0 Å². The first-order valence-corrected chi connectivity index (χ1v) is 8.64. The fourth-order valence-electron chi connectivity index (χ4n) is 4.04. The number of halogens is 2. The van der Waals surface area contributed by atoms with Crippen molar-refractivity contribution >= 4 is 23.2 Å². The minimum absolute atomic E-state index is 0.0596. The van der Waals surface area contributed by atoms with Gasteiger partial charge in [0.25, 0.3) is 0 Å². The van der Waals surface area contributed by atoms with Crippen molar-refractivity contribution in [3.8, 4) is 5.75 Å². The molecule has 0 saturated heterocycles. The molecule has 0 aliphatic heterocycles. The van der Waals surface area contributed by atoms with Gasteiger partial charge < -0.3 is 10.5 Å². The fraction of sp³-hybridized carbons (Fsp3) is 0.647. The van der Waals surface area contributed by atoms with Crippen molar-refractivity contribution < 1.29 is 4.74 Å². The van der Waals surface area contributed by atoms with Gasteiger partial charge in [-0.1, -0.05) is 29.6 Å². The van der Waals surface area contributed by atoms with Crippen LogP contribution in [0.5, 0.6) is 5.75 Å². The second-order valence-corrected chi connectivity index (χ2v) is 7.65. The Kier molecular flexibility index (Phi) is 4.68. The summed E-state index contributed by atoms with van der Waals surface area (Å²) in [5, 5.41) is 1.24. The molecule has 0 aromatic heterocycles. The lowest BCUT2D eigenvalue weighted by molar-refractivity contribution is 0.194. The monoisotopic (exact) mass is 327 g/mol. The van der Waals surface area contributed by atoms with Crippen LogP contribution in [-0.2, 0) is 6.42 Å². The molecule has 0 amide bonds. The highest BCUT2D eigenvalue weighted by Crippen LogP contribution is 2.48. The number of hydrogen-bond donors (Lipinski definition) is 1. The van der Waals surface area contributed by atoms with Crippen molar-refractivity contribution in [3.63, 3.8) is 0 Å². The predicted octanol–water partition coefficient (Wildman–Crippen LogP) is 4.70. The van der Waals surface area contributed by atoms with E-state index in [4.69, 9.17) is 33.7 Å². The maximum Gasteiger partial charge on any atom is 0.141 e. The summed E-state index contributed by atoms with van der Waals surface area (Å²) in [5.41, 5.74) is 6.94. The summed E-state index contributed by atoms with van der Waals surface area (Å²) < 4.78 is 6.11. The standard InChI is InChI=1S/C17H23Cl2NO/c1-10(20)4-13-7-15(18)8-16(19)17(13)21-9-14-6-11-2-3-12(14)5-11/h7-8,10-12,14H,2-6,9,20H2,1H3. The normalized spacial score (nSPS) is 28.9. The van der Waals surface area contributed by atoms with Crippen LogP contribution in [0.2, 0.25) is 10.0 Å². The highest BCUT2D eigenvalue weighted by atomic mass is 35.5. The van der Waals surface area contributed by atoms with E-state index in [1.54, 1.807) is 6.07 Å². The van der Waals surface area contributed by atoms with Crippen LogP contribution in [0, 0.1) is 17.8 Å². The molecule has 1 aromatic rings. The minimum atomic E-state index is 0.0596. The predicted molar refractivity (Wildman–Crippen MR) is 88.2 cm³/mol. The molecule has 0 radical (unpaired) electrons. The molecule has 21 heavy (non-hydrogen) atoms. The smallest absolute Gasteiger partial charge is 0.141 e. The second-order valence-electron chi connectivity index (χ2n) is 6.80. The Morgan fingerprint density at radius 1 is 1.29 bits per heavy atom. The Morgan fingerprint density at radius 2 is 2.10 bits per heavy atom. The van der Waals surface area contributed by atoms with E-state index in [2.05, 4.69) is 0 Å². The van der Waals surface area contributed by atoms with Crippen LogP contribution in [0.1, 0.15) is 38.2 Å². The highest BCUT2D eigenvalue weighted by molar-refractivity contribution is 6.35. The molecule has 0 spiro atoms. The molecule has 0 heterocycles. The van der Waals surface area contributed by atoms with Crippen molar-refractivity contribution in [2.75, 3.05) is 6.61 Å². The van der Waals surface area contributed by atoms with E-state index < -0.39 is 0 Å². The molecule has 4 unspecified atom stereocenters. The Labute approximate surface area is 136 Å². The van der Waals surface area contributed by atoms with E-state index in [0.717, 1.165) is 36.2 Å². The molecule has 2 fully saturated rings. The fourth-order valence-corrected chi connectivity index (χ4v) is 4.63. The van der Waals surface area contributed by atoms with Gasteiger partial charge in [0.15, 0.2) is 0 Å². The molecule has 2 nitrogen and oxygen atoms in total. The summed E-state index contributed by atoms with van der Waals surface area (Å²) in [6, 6.07) is 3.74. The summed E-state index contributed by atoms with van der Waals surface area (Å²) in [5.74, 6) is 3.27. The van der Waals surface area contributed by atoms with Gasteiger partial charge in [0, 0.05) is 11.1 Å². The van der Waals surface area contributed by atoms with Gasteiger partial charge in [0.05, 0.1) is 11.6 Å². The molecular formula is C17H23Cl2NO. The molecule has 116 valence electrons. The van der Waals surface area contributed by atoms with E-state index in [9.17, 15) is 0 Å².